The number of benzene rings is 1. The van der Waals surface area contributed by atoms with Crippen molar-refractivity contribution in [2.24, 2.45) is 0 Å². The van der Waals surface area contributed by atoms with Gasteiger partial charge in [-0.05, 0) is 40.2 Å². The highest BCUT2D eigenvalue weighted by Crippen LogP contribution is 2.23. The molecular formula is C13H9BrN2O3S. The largest absolute Gasteiger partial charge is 0.478 e. The van der Waals surface area contributed by atoms with Crippen molar-refractivity contribution in [1.29, 1.82) is 0 Å². The molecule has 0 fully saturated rings. The van der Waals surface area contributed by atoms with Crippen LogP contribution in [0.5, 0.6) is 0 Å². The predicted molar refractivity (Wildman–Crippen MR) is 80.3 cm³/mol. The van der Waals surface area contributed by atoms with Crippen molar-refractivity contribution < 1.29 is 14.3 Å². The highest BCUT2D eigenvalue weighted by Gasteiger charge is 2.09. The number of halogens is 1. The topological polar surface area (TPSA) is 75.4 Å². The Hall–Kier alpha value is -1.86. The van der Waals surface area contributed by atoms with Crippen LogP contribution in [0, 0.1) is 0 Å². The molecular weight excluding hydrogens is 344 g/mol. The summed E-state index contributed by atoms with van der Waals surface area (Å²) < 4.78 is 6.54. The third kappa shape index (κ3) is 2.68. The average Bonchev–Trinajstić information content (AvgIpc) is 3.00. The lowest BCUT2D eigenvalue weighted by molar-refractivity contribution is 0.0697. The summed E-state index contributed by atoms with van der Waals surface area (Å²) in [5.41, 5.74) is 1.27. The van der Waals surface area contributed by atoms with Crippen LogP contribution in [-0.4, -0.2) is 16.1 Å². The van der Waals surface area contributed by atoms with Crippen molar-refractivity contribution in [3.8, 4) is 0 Å². The van der Waals surface area contributed by atoms with Crippen molar-refractivity contribution in [2.45, 2.75) is 6.54 Å². The molecule has 7 heteroatoms. The van der Waals surface area contributed by atoms with E-state index in [1.807, 2.05) is 11.4 Å². The van der Waals surface area contributed by atoms with Crippen LogP contribution < -0.4 is 5.32 Å². The lowest BCUT2D eigenvalue weighted by atomic mass is 10.2. The molecule has 0 amide bonds. The van der Waals surface area contributed by atoms with Gasteiger partial charge < -0.3 is 14.8 Å². The average molecular weight is 353 g/mol. The fourth-order valence-corrected chi connectivity index (χ4v) is 3.13. The molecule has 0 radical (unpaired) electrons. The number of nitrogens with one attached hydrogen (secondary N) is 1. The number of fused-ring (bicyclic) bond motifs is 1. The lowest BCUT2D eigenvalue weighted by Crippen LogP contribution is -1.96. The van der Waals surface area contributed by atoms with Gasteiger partial charge in [-0.15, -0.1) is 11.3 Å². The number of hydrogen-bond donors (Lipinski definition) is 2. The van der Waals surface area contributed by atoms with E-state index in [-0.39, 0.29) is 5.56 Å². The van der Waals surface area contributed by atoms with Crippen molar-refractivity contribution in [2.75, 3.05) is 5.32 Å². The minimum absolute atomic E-state index is 0.183. The molecule has 5 nitrogen and oxygen atoms in total. The Morgan fingerprint density at radius 3 is 3.00 bits per heavy atom. The Balaban J connectivity index is 1.80. The van der Waals surface area contributed by atoms with Crippen LogP contribution in [0.4, 0.5) is 6.01 Å². The first-order chi connectivity index (χ1) is 9.61. The number of carboxylic acid groups (broad SMARTS) is 1. The summed E-state index contributed by atoms with van der Waals surface area (Å²) in [6.07, 6.45) is 0. The summed E-state index contributed by atoms with van der Waals surface area (Å²) in [6, 6.07) is 7.01. The molecule has 0 aliphatic carbocycles. The van der Waals surface area contributed by atoms with E-state index in [1.54, 1.807) is 17.4 Å². The van der Waals surface area contributed by atoms with E-state index in [1.165, 1.54) is 12.1 Å². The van der Waals surface area contributed by atoms with Crippen LogP contribution in [0.15, 0.2) is 38.5 Å². The van der Waals surface area contributed by atoms with Crippen LogP contribution in [-0.2, 0) is 6.54 Å². The molecule has 0 atom stereocenters. The van der Waals surface area contributed by atoms with Crippen LogP contribution >= 0.6 is 27.3 Å². The van der Waals surface area contributed by atoms with Crippen LogP contribution in [0.1, 0.15) is 15.2 Å². The lowest BCUT2D eigenvalue weighted by Gasteiger charge is -1.97. The minimum atomic E-state index is -0.985. The van der Waals surface area contributed by atoms with Gasteiger partial charge in [0.2, 0.25) is 0 Å². The van der Waals surface area contributed by atoms with Gasteiger partial charge in [0, 0.05) is 14.7 Å². The number of aromatic carboxylic acids is 1. The van der Waals surface area contributed by atoms with E-state index < -0.39 is 5.97 Å². The zero-order chi connectivity index (χ0) is 14.1. The molecule has 0 bridgehead atoms. The second-order valence-electron chi connectivity index (χ2n) is 4.09. The number of hydrogen-bond acceptors (Lipinski definition) is 5. The summed E-state index contributed by atoms with van der Waals surface area (Å²) in [5, 5.41) is 14.0. The Morgan fingerprint density at radius 1 is 1.45 bits per heavy atom. The van der Waals surface area contributed by atoms with Crippen molar-refractivity contribution in [3.05, 3.63) is 44.6 Å². The Morgan fingerprint density at radius 2 is 2.30 bits per heavy atom. The smallest absolute Gasteiger partial charge is 0.335 e. The minimum Gasteiger partial charge on any atom is -0.478 e. The molecule has 0 aliphatic heterocycles. The number of oxazole rings is 1. The van der Waals surface area contributed by atoms with Gasteiger partial charge in [0.1, 0.15) is 5.52 Å². The van der Waals surface area contributed by atoms with Gasteiger partial charge in [0.05, 0.1) is 12.1 Å². The molecule has 20 heavy (non-hydrogen) atoms. The number of thiophene rings is 1. The molecule has 0 unspecified atom stereocenters. The summed E-state index contributed by atoms with van der Waals surface area (Å²) in [4.78, 5) is 16.3. The number of aromatic nitrogens is 1. The van der Waals surface area contributed by atoms with Crippen molar-refractivity contribution >= 4 is 50.4 Å². The van der Waals surface area contributed by atoms with Crippen LogP contribution in [0.2, 0.25) is 0 Å². The molecule has 102 valence electrons. The standard InChI is InChI=1S/C13H9BrN2O3S/c14-8-4-9(20-6-8)5-15-13-16-10-2-1-7(12(17)18)3-11(10)19-13/h1-4,6H,5H2,(H,15,16)(H,17,18). The first kappa shape index (κ1) is 13.1. The summed E-state index contributed by atoms with van der Waals surface area (Å²) in [7, 11) is 0. The second-order valence-corrected chi connectivity index (χ2v) is 6.00. The highest BCUT2D eigenvalue weighted by molar-refractivity contribution is 9.10. The first-order valence-corrected chi connectivity index (χ1v) is 7.40. The quantitative estimate of drug-likeness (QED) is 0.743. The molecule has 0 saturated carbocycles. The van der Waals surface area contributed by atoms with E-state index >= 15 is 0 Å². The maximum atomic E-state index is 10.9. The monoisotopic (exact) mass is 352 g/mol. The normalized spacial score (nSPS) is 10.8. The van der Waals surface area contributed by atoms with Crippen LogP contribution in [0.3, 0.4) is 0 Å². The molecule has 0 spiro atoms. The number of nitrogens with zero attached hydrogens (tertiary/aromatic N) is 1. The third-order valence-corrected chi connectivity index (χ3v) is 4.37. The Kier molecular flexibility index (Phi) is 3.45. The number of rotatable bonds is 4. The van der Waals surface area contributed by atoms with Gasteiger partial charge in [-0.2, -0.15) is 4.98 Å². The zero-order valence-electron chi connectivity index (χ0n) is 10.1. The molecule has 1 aromatic carbocycles. The summed E-state index contributed by atoms with van der Waals surface area (Å²) in [5.74, 6) is -0.985. The van der Waals surface area contributed by atoms with Gasteiger partial charge in [0.15, 0.2) is 5.58 Å². The fourth-order valence-electron chi connectivity index (χ4n) is 1.74. The van der Waals surface area contributed by atoms with Crippen molar-refractivity contribution in [1.82, 2.24) is 4.98 Å². The van der Waals surface area contributed by atoms with Gasteiger partial charge >= 0.3 is 5.97 Å². The maximum absolute atomic E-state index is 10.9. The Bertz CT molecular complexity index is 781. The number of anilines is 1. The maximum Gasteiger partial charge on any atom is 0.335 e. The van der Waals surface area contributed by atoms with Crippen molar-refractivity contribution in [3.63, 3.8) is 0 Å². The first-order valence-electron chi connectivity index (χ1n) is 5.72. The fraction of sp³-hybridized carbons (Fsp3) is 0.0769. The molecule has 3 aromatic rings. The summed E-state index contributed by atoms with van der Waals surface area (Å²) >= 11 is 5.02. The number of carboxylic acids is 1. The molecule has 2 heterocycles. The summed E-state index contributed by atoms with van der Waals surface area (Å²) in [6.45, 7) is 0.606. The van der Waals surface area contributed by atoms with E-state index in [9.17, 15) is 4.79 Å². The highest BCUT2D eigenvalue weighted by atomic mass is 79.9. The second kappa shape index (κ2) is 5.26. The van der Waals surface area contributed by atoms with E-state index in [0.29, 0.717) is 23.7 Å². The molecule has 2 aromatic heterocycles. The van der Waals surface area contributed by atoms with Gasteiger partial charge in [0.25, 0.3) is 6.01 Å². The number of carbonyl (C=O) groups is 1. The zero-order valence-corrected chi connectivity index (χ0v) is 12.5. The third-order valence-electron chi connectivity index (χ3n) is 2.67. The molecule has 2 N–H and O–H groups in total. The van der Waals surface area contributed by atoms with E-state index in [2.05, 4.69) is 26.2 Å². The molecule has 3 rings (SSSR count). The predicted octanol–water partition coefficient (Wildman–Crippen LogP) is 3.96. The van der Waals surface area contributed by atoms with Gasteiger partial charge in [-0.3, -0.25) is 0 Å². The SMILES string of the molecule is O=C(O)c1ccc2nc(NCc3cc(Br)cs3)oc2c1. The molecule has 0 saturated heterocycles. The van der Waals surface area contributed by atoms with E-state index in [0.717, 1.165) is 9.35 Å². The van der Waals surface area contributed by atoms with Gasteiger partial charge in [-0.25, -0.2) is 4.79 Å². The van der Waals surface area contributed by atoms with Gasteiger partial charge in [-0.1, -0.05) is 0 Å². The van der Waals surface area contributed by atoms with Crippen LogP contribution in [0.25, 0.3) is 11.1 Å². The van der Waals surface area contributed by atoms with E-state index in [4.69, 9.17) is 9.52 Å². The Labute approximate surface area is 126 Å². The molecule has 0 aliphatic rings.